The summed E-state index contributed by atoms with van der Waals surface area (Å²) in [5.74, 6) is 3.08. The van der Waals surface area contributed by atoms with Gasteiger partial charge in [0.15, 0.2) is 0 Å². The lowest BCUT2D eigenvalue weighted by Crippen LogP contribution is -2.43. The van der Waals surface area contributed by atoms with E-state index in [4.69, 9.17) is 6.42 Å². The molecule has 82 valence electrons. The zero-order chi connectivity index (χ0) is 11.4. The SMILES string of the molecule is C#Cc1cccc(NC(=O)CC2CNC2)c1. The molecule has 1 fully saturated rings. The van der Waals surface area contributed by atoms with Crippen LogP contribution < -0.4 is 10.6 Å². The first-order valence-corrected chi connectivity index (χ1v) is 5.35. The second-order valence-corrected chi connectivity index (χ2v) is 4.00. The van der Waals surface area contributed by atoms with E-state index in [1.54, 1.807) is 6.07 Å². The Morgan fingerprint density at radius 2 is 2.38 bits per heavy atom. The van der Waals surface area contributed by atoms with Crippen molar-refractivity contribution in [2.75, 3.05) is 18.4 Å². The maximum Gasteiger partial charge on any atom is 0.224 e. The summed E-state index contributed by atoms with van der Waals surface area (Å²) in [6, 6.07) is 7.33. The van der Waals surface area contributed by atoms with E-state index in [1.165, 1.54) is 0 Å². The molecule has 3 nitrogen and oxygen atoms in total. The average molecular weight is 214 g/mol. The molecule has 1 aliphatic heterocycles. The predicted octanol–water partition coefficient (Wildman–Crippen LogP) is 1.22. The molecule has 1 saturated heterocycles. The predicted molar refractivity (Wildman–Crippen MR) is 64.0 cm³/mol. The molecule has 0 aliphatic carbocycles. The summed E-state index contributed by atoms with van der Waals surface area (Å²) in [6.07, 6.45) is 5.87. The van der Waals surface area contributed by atoms with Gasteiger partial charge < -0.3 is 10.6 Å². The van der Waals surface area contributed by atoms with Gasteiger partial charge in [0.25, 0.3) is 0 Å². The molecule has 1 heterocycles. The smallest absolute Gasteiger partial charge is 0.224 e. The van der Waals surface area contributed by atoms with Gasteiger partial charge in [0.1, 0.15) is 0 Å². The number of terminal acetylenes is 1. The summed E-state index contributed by atoms with van der Waals surface area (Å²) in [7, 11) is 0. The van der Waals surface area contributed by atoms with Gasteiger partial charge in [-0.1, -0.05) is 12.0 Å². The Bertz CT molecular complexity index is 430. The Balaban J connectivity index is 1.92. The number of amides is 1. The van der Waals surface area contributed by atoms with Crippen molar-refractivity contribution in [1.29, 1.82) is 0 Å². The molecule has 16 heavy (non-hydrogen) atoms. The molecule has 0 radical (unpaired) electrons. The van der Waals surface area contributed by atoms with Crippen LogP contribution in [0.5, 0.6) is 0 Å². The van der Waals surface area contributed by atoms with Crippen LogP contribution in [0.2, 0.25) is 0 Å². The maximum absolute atomic E-state index is 11.6. The van der Waals surface area contributed by atoms with Gasteiger partial charge in [0, 0.05) is 17.7 Å². The van der Waals surface area contributed by atoms with Crippen molar-refractivity contribution in [3.63, 3.8) is 0 Å². The fourth-order valence-corrected chi connectivity index (χ4v) is 1.65. The Kier molecular flexibility index (Phi) is 3.23. The van der Waals surface area contributed by atoms with Crippen LogP contribution in [0.25, 0.3) is 0 Å². The second kappa shape index (κ2) is 4.82. The van der Waals surface area contributed by atoms with E-state index in [0.29, 0.717) is 12.3 Å². The van der Waals surface area contributed by atoms with Crippen molar-refractivity contribution in [2.45, 2.75) is 6.42 Å². The molecule has 1 amide bonds. The molecule has 3 heteroatoms. The molecule has 0 unspecified atom stereocenters. The summed E-state index contributed by atoms with van der Waals surface area (Å²) in [4.78, 5) is 11.6. The Morgan fingerprint density at radius 3 is 3.00 bits per heavy atom. The van der Waals surface area contributed by atoms with Crippen molar-refractivity contribution < 1.29 is 4.79 Å². The van der Waals surface area contributed by atoms with Crippen LogP contribution in [0.4, 0.5) is 5.69 Å². The number of anilines is 1. The minimum atomic E-state index is 0.0562. The van der Waals surface area contributed by atoms with E-state index in [9.17, 15) is 4.79 Å². The third kappa shape index (κ3) is 2.62. The minimum Gasteiger partial charge on any atom is -0.326 e. The van der Waals surface area contributed by atoms with Crippen molar-refractivity contribution in [3.05, 3.63) is 29.8 Å². The molecule has 2 N–H and O–H groups in total. The Morgan fingerprint density at radius 1 is 1.56 bits per heavy atom. The molecular weight excluding hydrogens is 200 g/mol. The van der Waals surface area contributed by atoms with Crippen LogP contribution >= 0.6 is 0 Å². The highest BCUT2D eigenvalue weighted by Gasteiger charge is 2.19. The molecule has 0 aromatic heterocycles. The van der Waals surface area contributed by atoms with E-state index in [2.05, 4.69) is 16.6 Å². The molecule has 0 spiro atoms. The molecule has 1 aromatic rings. The molecular formula is C13H14N2O. The Labute approximate surface area is 95.2 Å². The number of benzene rings is 1. The maximum atomic E-state index is 11.6. The lowest BCUT2D eigenvalue weighted by molar-refractivity contribution is -0.117. The zero-order valence-corrected chi connectivity index (χ0v) is 8.99. The van der Waals surface area contributed by atoms with Crippen molar-refractivity contribution in [2.24, 2.45) is 5.92 Å². The van der Waals surface area contributed by atoms with Crippen molar-refractivity contribution in [3.8, 4) is 12.3 Å². The normalized spacial score (nSPS) is 14.9. The van der Waals surface area contributed by atoms with Crippen LogP contribution in [-0.2, 0) is 4.79 Å². The number of carbonyl (C=O) groups is 1. The summed E-state index contributed by atoms with van der Waals surface area (Å²) >= 11 is 0. The first-order valence-electron chi connectivity index (χ1n) is 5.35. The van der Waals surface area contributed by atoms with Gasteiger partial charge >= 0.3 is 0 Å². The quantitative estimate of drug-likeness (QED) is 0.743. The van der Waals surface area contributed by atoms with Crippen molar-refractivity contribution >= 4 is 11.6 Å². The highest BCUT2D eigenvalue weighted by atomic mass is 16.1. The fraction of sp³-hybridized carbons (Fsp3) is 0.308. The lowest BCUT2D eigenvalue weighted by Gasteiger charge is -2.26. The number of carbonyl (C=O) groups excluding carboxylic acids is 1. The summed E-state index contributed by atoms with van der Waals surface area (Å²) in [6.45, 7) is 1.88. The molecule has 0 bridgehead atoms. The van der Waals surface area contributed by atoms with Crippen LogP contribution in [0.3, 0.4) is 0 Å². The van der Waals surface area contributed by atoms with E-state index in [0.717, 1.165) is 24.3 Å². The molecule has 2 rings (SSSR count). The minimum absolute atomic E-state index is 0.0562. The summed E-state index contributed by atoms with van der Waals surface area (Å²) < 4.78 is 0. The fourth-order valence-electron chi connectivity index (χ4n) is 1.65. The van der Waals surface area contributed by atoms with E-state index in [1.807, 2.05) is 18.2 Å². The summed E-state index contributed by atoms with van der Waals surface area (Å²) in [5.41, 5.74) is 1.55. The van der Waals surface area contributed by atoms with Gasteiger partial charge in [-0.25, -0.2) is 0 Å². The third-order valence-electron chi connectivity index (χ3n) is 2.65. The van der Waals surface area contributed by atoms with Gasteiger partial charge in [0.2, 0.25) is 5.91 Å². The lowest BCUT2D eigenvalue weighted by atomic mass is 9.99. The first-order chi connectivity index (χ1) is 7.78. The van der Waals surface area contributed by atoms with E-state index in [-0.39, 0.29) is 5.91 Å². The highest BCUT2D eigenvalue weighted by molar-refractivity contribution is 5.91. The molecule has 0 atom stereocenters. The number of hydrogen-bond acceptors (Lipinski definition) is 2. The number of hydrogen-bond donors (Lipinski definition) is 2. The first kappa shape index (κ1) is 10.7. The third-order valence-corrected chi connectivity index (χ3v) is 2.65. The number of nitrogens with one attached hydrogen (secondary N) is 2. The van der Waals surface area contributed by atoms with Gasteiger partial charge in [-0.2, -0.15) is 0 Å². The topological polar surface area (TPSA) is 41.1 Å². The van der Waals surface area contributed by atoms with Crippen LogP contribution in [-0.4, -0.2) is 19.0 Å². The molecule has 1 aromatic carbocycles. The molecule has 0 saturated carbocycles. The van der Waals surface area contributed by atoms with Gasteiger partial charge in [-0.05, 0) is 37.2 Å². The van der Waals surface area contributed by atoms with Crippen molar-refractivity contribution in [1.82, 2.24) is 5.32 Å². The number of rotatable bonds is 3. The standard InChI is InChI=1S/C13H14N2O/c1-2-10-4-3-5-12(6-10)15-13(16)7-11-8-14-9-11/h1,3-6,11,14H,7-9H2,(H,15,16). The summed E-state index contributed by atoms with van der Waals surface area (Å²) in [5, 5.41) is 6.00. The monoisotopic (exact) mass is 214 g/mol. The van der Waals surface area contributed by atoms with Gasteiger partial charge in [-0.3, -0.25) is 4.79 Å². The average Bonchev–Trinajstić information content (AvgIpc) is 2.24. The molecule has 1 aliphatic rings. The van der Waals surface area contributed by atoms with Gasteiger partial charge in [0.05, 0.1) is 0 Å². The zero-order valence-electron chi connectivity index (χ0n) is 8.99. The highest BCUT2D eigenvalue weighted by Crippen LogP contribution is 2.13. The van der Waals surface area contributed by atoms with E-state index < -0.39 is 0 Å². The van der Waals surface area contributed by atoms with E-state index >= 15 is 0 Å². The second-order valence-electron chi connectivity index (χ2n) is 4.00. The van der Waals surface area contributed by atoms with Crippen LogP contribution in [0.15, 0.2) is 24.3 Å². The van der Waals surface area contributed by atoms with Crippen LogP contribution in [0, 0.1) is 18.3 Å². The largest absolute Gasteiger partial charge is 0.326 e. The van der Waals surface area contributed by atoms with Crippen LogP contribution in [0.1, 0.15) is 12.0 Å². The Hall–Kier alpha value is -1.79. The van der Waals surface area contributed by atoms with Gasteiger partial charge in [-0.15, -0.1) is 6.42 Å².